The molecule has 1 heterocycles. The van der Waals surface area contributed by atoms with E-state index in [-0.39, 0.29) is 5.91 Å². The summed E-state index contributed by atoms with van der Waals surface area (Å²) >= 11 is 1.71. The minimum Gasteiger partial charge on any atom is -0.352 e. The highest BCUT2D eigenvalue weighted by molar-refractivity contribution is 8.00. The molecule has 4 heteroatoms. The predicted molar refractivity (Wildman–Crippen MR) is 113 cm³/mol. The standard InChI is InChI=1S/C23H30N2OS/c1-15-8-7-13-19(16(15)2)25-22(26)14-27-23-17-9-3-5-11-20(17)24-21-12-6-4-10-18(21)23/h3,5,9,11,15-16,19H,4,6-8,10,12-14H2,1-2H3,(H,25,26). The molecule has 1 fully saturated rings. The lowest BCUT2D eigenvalue weighted by Crippen LogP contribution is -2.44. The van der Waals surface area contributed by atoms with Crippen LogP contribution in [0.2, 0.25) is 0 Å². The molecule has 1 N–H and O–H groups in total. The molecule has 144 valence electrons. The molecule has 1 amide bonds. The zero-order valence-electron chi connectivity index (χ0n) is 16.5. The van der Waals surface area contributed by atoms with Gasteiger partial charge in [0.25, 0.3) is 0 Å². The summed E-state index contributed by atoms with van der Waals surface area (Å²) in [7, 11) is 0. The maximum atomic E-state index is 12.7. The maximum absolute atomic E-state index is 12.7. The fourth-order valence-corrected chi connectivity index (χ4v) is 5.75. The molecule has 4 rings (SSSR count). The number of hydrogen-bond donors (Lipinski definition) is 1. The predicted octanol–water partition coefficient (Wildman–Crippen LogP) is 5.15. The van der Waals surface area contributed by atoms with E-state index in [0.29, 0.717) is 23.6 Å². The number of carbonyl (C=O) groups excluding carboxylic acids is 1. The summed E-state index contributed by atoms with van der Waals surface area (Å²) in [6, 6.07) is 8.72. The van der Waals surface area contributed by atoms with Gasteiger partial charge in [0, 0.05) is 22.0 Å². The van der Waals surface area contributed by atoms with Gasteiger partial charge in [-0.15, -0.1) is 11.8 Å². The Balaban J connectivity index is 1.51. The normalized spacial score (nSPS) is 25.2. The number of aromatic nitrogens is 1. The second kappa shape index (κ2) is 8.22. The Morgan fingerprint density at radius 1 is 1.15 bits per heavy atom. The molecule has 1 aromatic carbocycles. The largest absolute Gasteiger partial charge is 0.352 e. The van der Waals surface area contributed by atoms with Crippen molar-refractivity contribution < 1.29 is 4.79 Å². The summed E-state index contributed by atoms with van der Waals surface area (Å²) < 4.78 is 0. The van der Waals surface area contributed by atoms with Crippen LogP contribution in [0.3, 0.4) is 0 Å². The Morgan fingerprint density at radius 2 is 1.96 bits per heavy atom. The molecule has 2 aliphatic rings. The van der Waals surface area contributed by atoms with Crippen LogP contribution in [0, 0.1) is 11.8 Å². The van der Waals surface area contributed by atoms with Gasteiger partial charge in [0.1, 0.15) is 0 Å². The third-order valence-corrected chi connectivity index (χ3v) is 7.68. The lowest BCUT2D eigenvalue weighted by Gasteiger charge is -2.34. The lowest BCUT2D eigenvalue weighted by molar-refractivity contribution is -0.119. The van der Waals surface area contributed by atoms with Gasteiger partial charge in [-0.3, -0.25) is 9.78 Å². The van der Waals surface area contributed by atoms with Gasteiger partial charge < -0.3 is 5.32 Å². The Labute approximate surface area is 166 Å². The van der Waals surface area contributed by atoms with Crippen LogP contribution in [-0.4, -0.2) is 22.7 Å². The zero-order chi connectivity index (χ0) is 18.8. The SMILES string of the molecule is CC1CCCC(NC(=O)CSc2c3c(nc4ccccc24)CCCC3)C1C. The topological polar surface area (TPSA) is 42.0 Å². The van der Waals surface area contributed by atoms with Gasteiger partial charge in [-0.1, -0.05) is 44.9 Å². The van der Waals surface area contributed by atoms with Crippen molar-refractivity contribution in [2.75, 3.05) is 5.75 Å². The zero-order valence-corrected chi connectivity index (χ0v) is 17.3. The van der Waals surface area contributed by atoms with Gasteiger partial charge in [0.2, 0.25) is 5.91 Å². The highest BCUT2D eigenvalue weighted by atomic mass is 32.2. The smallest absolute Gasteiger partial charge is 0.230 e. The summed E-state index contributed by atoms with van der Waals surface area (Å²) in [5.74, 6) is 1.95. The van der Waals surface area contributed by atoms with Crippen molar-refractivity contribution in [3.63, 3.8) is 0 Å². The van der Waals surface area contributed by atoms with Crippen LogP contribution in [0.25, 0.3) is 10.9 Å². The number of para-hydroxylation sites is 1. The van der Waals surface area contributed by atoms with Gasteiger partial charge in [-0.2, -0.15) is 0 Å². The van der Waals surface area contributed by atoms with Gasteiger partial charge >= 0.3 is 0 Å². The van der Waals surface area contributed by atoms with Gasteiger partial charge in [-0.05, 0) is 55.6 Å². The second-order valence-corrected chi connectivity index (χ2v) is 9.31. The summed E-state index contributed by atoms with van der Waals surface area (Å²) in [6.45, 7) is 4.60. The molecule has 1 saturated carbocycles. The number of pyridine rings is 1. The summed E-state index contributed by atoms with van der Waals surface area (Å²) in [4.78, 5) is 18.9. The lowest BCUT2D eigenvalue weighted by atomic mass is 9.78. The van der Waals surface area contributed by atoms with Crippen molar-refractivity contribution >= 4 is 28.6 Å². The first-order valence-electron chi connectivity index (χ1n) is 10.5. The molecule has 0 aliphatic heterocycles. The average Bonchev–Trinajstić information content (AvgIpc) is 2.68. The molecule has 1 aromatic heterocycles. The van der Waals surface area contributed by atoms with Crippen molar-refractivity contribution in [3.8, 4) is 0 Å². The van der Waals surface area contributed by atoms with Gasteiger partial charge in [0.15, 0.2) is 0 Å². The van der Waals surface area contributed by atoms with Crippen molar-refractivity contribution in [3.05, 3.63) is 35.5 Å². The molecular weight excluding hydrogens is 352 g/mol. The number of benzene rings is 1. The minimum atomic E-state index is 0.177. The summed E-state index contributed by atoms with van der Waals surface area (Å²) in [6.07, 6.45) is 8.25. The molecule has 0 bridgehead atoms. The van der Waals surface area contributed by atoms with Crippen molar-refractivity contribution in [1.29, 1.82) is 0 Å². The quantitative estimate of drug-likeness (QED) is 0.744. The fourth-order valence-electron chi connectivity index (χ4n) is 4.67. The van der Waals surface area contributed by atoms with E-state index in [9.17, 15) is 4.79 Å². The minimum absolute atomic E-state index is 0.177. The van der Waals surface area contributed by atoms with Crippen LogP contribution >= 0.6 is 11.8 Å². The molecule has 2 aromatic rings. The van der Waals surface area contributed by atoms with Crippen molar-refractivity contribution in [2.24, 2.45) is 11.8 Å². The molecule has 0 saturated heterocycles. The number of hydrogen-bond acceptors (Lipinski definition) is 3. The third-order valence-electron chi connectivity index (χ3n) is 6.52. The third kappa shape index (κ3) is 4.01. The number of thioether (sulfide) groups is 1. The monoisotopic (exact) mass is 382 g/mol. The van der Waals surface area contributed by atoms with Gasteiger partial charge in [-0.25, -0.2) is 0 Å². The molecule has 2 aliphatic carbocycles. The molecule has 3 nitrogen and oxygen atoms in total. The average molecular weight is 383 g/mol. The second-order valence-electron chi connectivity index (χ2n) is 8.32. The first-order valence-corrected chi connectivity index (χ1v) is 11.4. The van der Waals surface area contributed by atoms with Crippen LogP contribution in [-0.2, 0) is 17.6 Å². The number of aryl methyl sites for hydroxylation is 1. The Kier molecular flexibility index (Phi) is 5.72. The molecule has 0 spiro atoms. The molecule has 0 radical (unpaired) electrons. The first-order chi connectivity index (χ1) is 13.1. The number of carbonyl (C=O) groups is 1. The van der Waals surface area contributed by atoms with Crippen LogP contribution in [0.1, 0.15) is 57.2 Å². The van der Waals surface area contributed by atoms with E-state index in [1.807, 2.05) is 0 Å². The van der Waals surface area contributed by atoms with Crippen LogP contribution < -0.4 is 5.32 Å². The maximum Gasteiger partial charge on any atom is 0.230 e. The van der Waals surface area contributed by atoms with E-state index in [1.165, 1.54) is 47.2 Å². The fraction of sp³-hybridized carbons (Fsp3) is 0.565. The number of rotatable bonds is 4. The van der Waals surface area contributed by atoms with E-state index >= 15 is 0 Å². The highest BCUT2D eigenvalue weighted by Crippen LogP contribution is 2.36. The van der Waals surface area contributed by atoms with Crippen molar-refractivity contribution in [2.45, 2.75) is 69.7 Å². The Bertz CT molecular complexity index is 834. The van der Waals surface area contributed by atoms with E-state index in [0.717, 1.165) is 24.8 Å². The van der Waals surface area contributed by atoms with E-state index < -0.39 is 0 Å². The van der Waals surface area contributed by atoms with E-state index in [1.54, 1.807) is 11.8 Å². The number of nitrogens with zero attached hydrogens (tertiary/aromatic N) is 1. The molecule has 27 heavy (non-hydrogen) atoms. The molecule has 3 atom stereocenters. The Hall–Kier alpha value is -1.55. The summed E-state index contributed by atoms with van der Waals surface area (Å²) in [5.41, 5.74) is 3.70. The van der Waals surface area contributed by atoms with Crippen molar-refractivity contribution in [1.82, 2.24) is 10.3 Å². The number of amides is 1. The van der Waals surface area contributed by atoms with Crippen LogP contribution in [0.4, 0.5) is 0 Å². The van der Waals surface area contributed by atoms with Gasteiger partial charge in [0.05, 0.1) is 11.3 Å². The Morgan fingerprint density at radius 3 is 2.85 bits per heavy atom. The molecule has 3 unspecified atom stereocenters. The summed E-state index contributed by atoms with van der Waals surface area (Å²) in [5, 5.41) is 4.53. The number of nitrogens with one attached hydrogen (secondary N) is 1. The van der Waals surface area contributed by atoms with E-state index in [4.69, 9.17) is 4.98 Å². The van der Waals surface area contributed by atoms with E-state index in [2.05, 4.69) is 43.4 Å². The first kappa shape index (κ1) is 18.8. The molecular formula is C23H30N2OS. The number of fused-ring (bicyclic) bond motifs is 2. The highest BCUT2D eigenvalue weighted by Gasteiger charge is 2.28. The van der Waals surface area contributed by atoms with Crippen LogP contribution in [0.5, 0.6) is 0 Å². The van der Waals surface area contributed by atoms with Crippen LogP contribution in [0.15, 0.2) is 29.2 Å².